The molecule has 5 rings (SSSR count). The number of aryl methyl sites for hydroxylation is 2. The highest BCUT2D eigenvalue weighted by Gasteiger charge is 2.40. The summed E-state index contributed by atoms with van der Waals surface area (Å²) in [5, 5.41) is 6.70. The third kappa shape index (κ3) is 5.20. The van der Waals surface area contributed by atoms with E-state index in [0.717, 1.165) is 38.1 Å². The van der Waals surface area contributed by atoms with Crippen molar-refractivity contribution in [1.82, 2.24) is 0 Å². The molecule has 0 aromatic heterocycles. The lowest BCUT2D eigenvalue weighted by atomic mass is 10.1. The number of amidine groups is 1. The second-order valence-electron chi connectivity index (χ2n) is 9.27. The Hall–Kier alpha value is -3.97. The minimum atomic E-state index is -0.501. The molecular weight excluding hydrogens is 545 g/mol. The first kappa shape index (κ1) is 25.7. The summed E-state index contributed by atoms with van der Waals surface area (Å²) < 4.78 is 20.6. The zero-order chi connectivity index (χ0) is 26.8. The van der Waals surface area contributed by atoms with Gasteiger partial charge in [0.05, 0.1) is 5.69 Å². The Morgan fingerprint density at radius 3 is 2.34 bits per heavy atom. The average Bonchev–Trinajstić information content (AvgIpc) is 3.32. The second-order valence-corrected chi connectivity index (χ2v) is 10.2. The number of rotatable bonds is 7. The van der Waals surface area contributed by atoms with Crippen molar-refractivity contribution in [3.63, 3.8) is 0 Å². The normalized spacial score (nSPS) is 15.0. The van der Waals surface area contributed by atoms with Crippen LogP contribution >= 0.6 is 15.9 Å². The number of carbonyl (C=O) groups excluding carboxylic acids is 1. The van der Waals surface area contributed by atoms with Gasteiger partial charge in [-0.1, -0.05) is 52.3 Å². The van der Waals surface area contributed by atoms with Gasteiger partial charge in [-0.15, -0.1) is 5.10 Å². The molecule has 7 heteroatoms. The van der Waals surface area contributed by atoms with Crippen LogP contribution in [0.1, 0.15) is 35.3 Å². The maximum atomic E-state index is 13.4. The minimum Gasteiger partial charge on any atom is -0.488 e. The Balaban J connectivity index is 1.65. The van der Waals surface area contributed by atoms with Crippen LogP contribution in [0.4, 0.5) is 15.8 Å². The lowest BCUT2D eigenvalue weighted by molar-refractivity contribution is -0.111. The summed E-state index contributed by atoms with van der Waals surface area (Å²) in [6.45, 7) is 5.91. The molecule has 4 aromatic carbocycles. The van der Waals surface area contributed by atoms with Gasteiger partial charge >= 0.3 is 0 Å². The summed E-state index contributed by atoms with van der Waals surface area (Å²) in [4.78, 5) is 14.9. The molecule has 1 unspecified atom stereocenters. The van der Waals surface area contributed by atoms with Crippen molar-refractivity contribution in [2.75, 3.05) is 9.91 Å². The molecule has 1 heterocycles. The Bertz CT molecular complexity index is 1510. The lowest BCUT2D eigenvalue weighted by Gasteiger charge is -2.33. The number of carbonyl (C=O) groups is 1. The molecule has 0 spiro atoms. The SMILES string of the molecule is CC(=O)C1=NN(c2ccccc2)C(c2cc(Br)ccc2OCc2ccc(F)cc2)N1c1ccc(C)c(C)c1. The summed E-state index contributed by atoms with van der Waals surface area (Å²) in [5.74, 6) is 0.541. The molecule has 1 atom stereocenters. The summed E-state index contributed by atoms with van der Waals surface area (Å²) in [6, 6.07) is 28.0. The van der Waals surface area contributed by atoms with Gasteiger partial charge in [-0.05, 0) is 85.1 Å². The van der Waals surface area contributed by atoms with Crippen LogP contribution < -0.4 is 14.6 Å². The molecule has 0 saturated carbocycles. The number of nitrogens with zero attached hydrogens (tertiary/aromatic N) is 3. The van der Waals surface area contributed by atoms with Crippen LogP contribution in [0.5, 0.6) is 5.75 Å². The summed E-state index contributed by atoms with van der Waals surface area (Å²) >= 11 is 3.63. The van der Waals surface area contributed by atoms with E-state index in [4.69, 9.17) is 9.84 Å². The quantitative estimate of drug-likeness (QED) is 0.228. The smallest absolute Gasteiger partial charge is 0.198 e. The standard InChI is InChI=1S/C31H27BrFN3O2/c1-20-9-15-27(17-21(20)2)35-30(22(3)37)34-36(26-7-5-4-6-8-26)31(35)28-18-24(32)12-16-29(28)38-19-23-10-13-25(33)14-11-23/h4-18,31H,19H2,1-3H3. The number of benzene rings is 4. The zero-order valence-corrected chi connectivity index (χ0v) is 22.9. The van der Waals surface area contributed by atoms with Crippen molar-refractivity contribution >= 4 is 38.9 Å². The van der Waals surface area contributed by atoms with E-state index in [2.05, 4.69) is 41.9 Å². The van der Waals surface area contributed by atoms with Crippen LogP contribution in [-0.4, -0.2) is 11.6 Å². The third-order valence-corrected chi connectivity index (χ3v) is 7.06. The second kappa shape index (κ2) is 10.8. The molecule has 192 valence electrons. The molecule has 5 nitrogen and oxygen atoms in total. The monoisotopic (exact) mass is 571 g/mol. The summed E-state index contributed by atoms with van der Waals surface area (Å²) in [7, 11) is 0. The molecule has 4 aromatic rings. The van der Waals surface area contributed by atoms with Crippen molar-refractivity contribution in [3.05, 3.63) is 124 Å². The number of hydrogen-bond donors (Lipinski definition) is 0. The Kier molecular flexibility index (Phi) is 7.29. The highest BCUT2D eigenvalue weighted by atomic mass is 79.9. The van der Waals surface area contributed by atoms with Gasteiger partial charge in [-0.25, -0.2) is 9.40 Å². The number of ether oxygens (including phenoxy) is 1. The van der Waals surface area contributed by atoms with Gasteiger partial charge in [0.1, 0.15) is 18.2 Å². The average molecular weight is 572 g/mol. The van der Waals surface area contributed by atoms with Gasteiger partial charge in [0.2, 0.25) is 0 Å². The first-order valence-electron chi connectivity index (χ1n) is 12.3. The molecule has 0 saturated heterocycles. The number of hydrogen-bond acceptors (Lipinski definition) is 5. The number of Topliss-reactive ketones (excluding diaryl/α,β-unsaturated/α-hetero) is 1. The summed E-state index contributed by atoms with van der Waals surface area (Å²) in [5.41, 5.74) is 5.64. The topological polar surface area (TPSA) is 45.1 Å². The molecule has 0 amide bonds. The third-order valence-electron chi connectivity index (χ3n) is 6.57. The molecule has 0 radical (unpaired) electrons. The van der Waals surface area contributed by atoms with E-state index in [-0.39, 0.29) is 18.2 Å². The Morgan fingerprint density at radius 1 is 0.921 bits per heavy atom. The largest absolute Gasteiger partial charge is 0.488 e. The van der Waals surface area contributed by atoms with E-state index < -0.39 is 6.17 Å². The van der Waals surface area contributed by atoms with Crippen LogP contribution in [0.25, 0.3) is 0 Å². The van der Waals surface area contributed by atoms with E-state index >= 15 is 0 Å². The predicted molar refractivity (Wildman–Crippen MR) is 153 cm³/mol. The minimum absolute atomic E-state index is 0.143. The number of hydrazone groups is 1. The fourth-order valence-electron chi connectivity index (χ4n) is 4.45. The summed E-state index contributed by atoms with van der Waals surface area (Å²) in [6.07, 6.45) is -0.501. The highest BCUT2D eigenvalue weighted by molar-refractivity contribution is 9.10. The maximum absolute atomic E-state index is 13.4. The molecule has 0 bridgehead atoms. The first-order chi connectivity index (χ1) is 18.3. The van der Waals surface area contributed by atoms with Gasteiger partial charge in [-0.2, -0.15) is 0 Å². The van der Waals surface area contributed by atoms with E-state index in [1.54, 1.807) is 12.1 Å². The van der Waals surface area contributed by atoms with Crippen molar-refractivity contribution in [2.24, 2.45) is 5.10 Å². The maximum Gasteiger partial charge on any atom is 0.198 e. The number of ketones is 1. The van der Waals surface area contributed by atoms with Gasteiger partial charge in [0.15, 0.2) is 17.8 Å². The van der Waals surface area contributed by atoms with Gasteiger partial charge in [-0.3, -0.25) is 9.69 Å². The Labute approximate surface area is 230 Å². The number of halogens is 2. The predicted octanol–water partition coefficient (Wildman–Crippen LogP) is 7.71. The van der Waals surface area contributed by atoms with Crippen LogP contribution in [0.2, 0.25) is 0 Å². The van der Waals surface area contributed by atoms with Crippen LogP contribution in [0.15, 0.2) is 101 Å². The molecule has 38 heavy (non-hydrogen) atoms. The van der Waals surface area contributed by atoms with E-state index in [1.165, 1.54) is 19.1 Å². The molecule has 1 aliphatic heterocycles. The van der Waals surface area contributed by atoms with E-state index in [0.29, 0.717) is 11.6 Å². The number of anilines is 2. The Morgan fingerprint density at radius 2 is 1.66 bits per heavy atom. The first-order valence-corrected chi connectivity index (χ1v) is 13.1. The molecule has 1 aliphatic rings. The van der Waals surface area contributed by atoms with Gasteiger partial charge in [0, 0.05) is 22.6 Å². The van der Waals surface area contributed by atoms with Crippen molar-refractivity contribution < 1.29 is 13.9 Å². The molecule has 0 aliphatic carbocycles. The van der Waals surface area contributed by atoms with E-state index in [1.807, 2.05) is 64.5 Å². The lowest BCUT2D eigenvalue weighted by Crippen LogP contribution is -2.38. The molecule has 0 fully saturated rings. The van der Waals surface area contributed by atoms with Crippen molar-refractivity contribution in [1.29, 1.82) is 0 Å². The number of para-hydroxylation sites is 1. The van der Waals surface area contributed by atoms with Crippen molar-refractivity contribution in [2.45, 2.75) is 33.5 Å². The van der Waals surface area contributed by atoms with E-state index in [9.17, 15) is 9.18 Å². The zero-order valence-electron chi connectivity index (χ0n) is 21.4. The molecule has 0 N–H and O–H groups in total. The van der Waals surface area contributed by atoms with Gasteiger partial charge < -0.3 is 4.74 Å². The molecular formula is C31H27BrFN3O2. The highest BCUT2D eigenvalue weighted by Crippen LogP contribution is 2.43. The fraction of sp³-hybridized carbons (Fsp3) is 0.161. The van der Waals surface area contributed by atoms with Crippen LogP contribution in [-0.2, 0) is 11.4 Å². The van der Waals surface area contributed by atoms with Gasteiger partial charge in [0.25, 0.3) is 0 Å². The fourth-order valence-corrected chi connectivity index (χ4v) is 4.83. The van der Waals surface area contributed by atoms with Crippen LogP contribution in [0, 0.1) is 19.7 Å². The van der Waals surface area contributed by atoms with Crippen molar-refractivity contribution in [3.8, 4) is 5.75 Å². The van der Waals surface area contributed by atoms with Crippen LogP contribution in [0.3, 0.4) is 0 Å².